The number of ether oxygens (including phenoxy) is 5. The first-order valence-corrected chi connectivity index (χ1v) is 14.0. The van der Waals surface area contributed by atoms with E-state index in [0.29, 0.717) is 24.2 Å². The van der Waals surface area contributed by atoms with Gasteiger partial charge in [-0.25, -0.2) is 4.79 Å². The van der Waals surface area contributed by atoms with Crippen LogP contribution in [0.5, 0.6) is 17.2 Å². The van der Waals surface area contributed by atoms with Gasteiger partial charge in [0.05, 0.1) is 18.9 Å². The molecule has 0 heterocycles. The van der Waals surface area contributed by atoms with E-state index in [1.807, 2.05) is 13.8 Å². The van der Waals surface area contributed by atoms with Gasteiger partial charge in [0.1, 0.15) is 18.4 Å². The van der Waals surface area contributed by atoms with Crippen LogP contribution in [-0.4, -0.2) is 50.4 Å². The van der Waals surface area contributed by atoms with E-state index < -0.39 is 30.1 Å². The molecule has 2 rings (SSSR count). The number of hydrogen-bond donors (Lipinski definition) is 1. The SMILES string of the molecule is CCCC(C)C(=O)Oc1ccc(C[C@H](NCCOC(=O)Oc2ccccc2)C(=O)OC)cc1OC(=O)C(C)CCC. The zero-order valence-electron chi connectivity index (χ0n) is 24.5. The monoisotopic (exact) mass is 571 g/mol. The topological polar surface area (TPSA) is 126 Å². The van der Waals surface area contributed by atoms with E-state index in [0.717, 1.165) is 12.8 Å². The molecule has 41 heavy (non-hydrogen) atoms. The molecule has 0 bridgehead atoms. The Kier molecular flexibility index (Phi) is 14.4. The summed E-state index contributed by atoms with van der Waals surface area (Å²) in [6, 6.07) is 12.5. The molecule has 0 radical (unpaired) electrons. The third kappa shape index (κ3) is 11.6. The summed E-state index contributed by atoms with van der Waals surface area (Å²) < 4.78 is 26.3. The first kappa shape index (κ1) is 33.3. The molecule has 3 atom stereocenters. The van der Waals surface area contributed by atoms with Crippen molar-refractivity contribution in [1.82, 2.24) is 5.32 Å². The average Bonchev–Trinajstić information content (AvgIpc) is 2.96. The van der Waals surface area contributed by atoms with Crippen LogP contribution in [0.25, 0.3) is 0 Å². The predicted octanol–water partition coefficient (Wildman–Crippen LogP) is 5.26. The van der Waals surface area contributed by atoms with Crippen LogP contribution < -0.4 is 19.5 Å². The fourth-order valence-electron chi connectivity index (χ4n) is 3.96. The molecule has 0 aliphatic heterocycles. The number of methoxy groups -OCH3 is 1. The summed E-state index contributed by atoms with van der Waals surface area (Å²) in [7, 11) is 1.27. The molecule has 224 valence electrons. The molecule has 10 nitrogen and oxygen atoms in total. The Morgan fingerprint density at radius 1 is 0.780 bits per heavy atom. The second-order valence-corrected chi connectivity index (χ2v) is 9.75. The summed E-state index contributed by atoms with van der Waals surface area (Å²) in [5.41, 5.74) is 0.629. The highest BCUT2D eigenvalue weighted by Gasteiger charge is 2.24. The molecule has 10 heteroatoms. The largest absolute Gasteiger partial charge is 0.513 e. The lowest BCUT2D eigenvalue weighted by atomic mass is 10.0. The Bertz CT molecular complexity index is 1140. The summed E-state index contributed by atoms with van der Waals surface area (Å²) in [6.07, 6.45) is 2.25. The van der Waals surface area contributed by atoms with Gasteiger partial charge < -0.3 is 29.0 Å². The molecule has 0 saturated carbocycles. The van der Waals surface area contributed by atoms with Crippen molar-refractivity contribution in [1.29, 1.82) is 0 Å². The smallest absolute Gasteiger partial charge is 0.468 e. The molecule has 0 aromatic heterocycles. The highest BCUT2D eigenvalue weighted by molar-refractivity contribution is 5.79. The van der Waals surface area contributed by atoms with Gasteiger partial charge in [0.15, 0.2) is 11.5 Å². The second-order valence-electron chi connectivity index (χ2n) is 9.75. The summed E-state index contributed by atoms with van der Waals surface area (Å²) in [5.74, 6) is -1.46. The summed E-state index contributed by atoms with van der Waals surface area (Å²) in [4.78, 5) is 49.7. The van der Waals surface area contributed by atoms with Crippen LogP contribution in [0.15, 0.2) is 48.5 Å². The quantitative estimate of drug-likeness (QED) is 0.123. The number of esters is 3. The summed E-state index contributed by atoms with van der Waals surface area (Å²) in [6.45, 7) is 7.61. The van der Waals surface area contributed by atoms with Crippen LogP contribution in [0.4, 0.5) is 4.79 Å². The number of rotatable bonds is 16. The number of carbonyl (C=O) groups excluding carboxylic acids is 4. The van der Waals surface area contributed by atoms with Crippen molar-refractivity contribution in [3.8, 4) is 17.2 Å². The van der Waals surface area contributed by atoms with Gasteiger partial charge in [0.25, 0.3) is 0 Å². The maximum absolute atomic E-state index is 12.7. The number of benzene rings is 2. The van der Waals surface area contributed by atoms with Crippen LogP contribution in [0.3, 0.4) is 0 Å². The lowest BCUT2D eigenvalue weighted by Crippen LogP contribution is -2.41. The molecule has 0 amide bonds. The van der Waals surface area contributed by atoms with Gasteiger partial charge in [-0.15, -0.1) is 0 Å². The molecular weight excluding hydrogens is 530 g/mol. The Morgan fingerprint density at radius 3 is 1.98 bits per heavy atom. The Hall–Kier alpha value is -3.92. The molecule has 2 unspecified atom stereocenters. The molecule has 0 aliphatic carbocycles. The van der Waals surface area contributed by atoms with Gasteiger partial charge in [0.2, 0.25) is 0 Å². The highest BCUT2D eigenvalue weighted by Crippen LogP contribution is 2.31. The zero-order chi connectivity index (χ0) is 30.2. The maximum atomic E-state index is 12.7. The van der Waals surface area contributed by atoms with E-state index in [1.165, 1.54) is 7.11 Å². The Balaban J connectivity index is 2.11. The highest BCUT2D eigenvalue weighted by atomic mass is 16.7. The van der Waals surface area contributed by atoms with Gasteiger partial charge in [-0.05, 0) is 49.1 Å². The zero-order valence-corrected chi connectivity index (χ0v) is 24.5. The lowest BCUT2D eigenvalue weighted by Gasteiger charge is -2.19. The van der Waals surface area contributed by atoms with Crippen molar-refractivity contribution in [2.45, 2.75) is 65.8 Å². The number of carbonyl (C=O) groups is 4. The average molecular weight is 572 g/mol. The normalized spacial score (nSPS) is 12.9. The van der Waals surface area contributed by atoms with Crippen LogP contribution in [0, 0.1) is 11.8 Å². The minimum Gasteiger partial charge on any atom is -0.468 e. The van der Waals surface area contributed by atoms with E-state index in [-0.39, 0.29) is 42.9 Å². The van der Waals surface area contributed by atoms with Crippen LogP contribution in [-0.2, 0) is 30.3 Å². The molecule has 0 aliphatic rings. The standard InChI is InChI=1S/C31H41NO9/c1-6-11-21(3)28(33)40-26-16-15-23(20-27(26)41-29(34)22(4)12-7-2)19-25(30(35)37-5)32-17-18-38-31(36)39-24-13-9-8-10-14-24/h8-10,13-16,20-22,25,32H,6-7,11-12,17-19H2,1-5H3/t21?,22?,25-/m0/s1. The van der Waals surface area contributed by atoms with Crippen molar-refractivity contribution >= 4 is 24.1 Å². The van der Waals surface area contributed by atoms with Crippen molar-refractivity contribution in [2.24, 2.45) is 11.8 Å². The lowest BCUT2D eigenvalue weighted by molar-refractivity contribution is -0.143. The molecule has 2 aromatic carbocycles. The van der Waals surface area contributed by atoms with Crippen molar-refractivity contribution in [3.63, 3.8) is 0 Å². The number of para-hydroxylation sites is 1. The van der Waals surface area contributed by atoms with Gasteiger partial charge in [-0.3, -0.25) is 14.4 Å². The minimum absolute atomic E-state index is 0.0534. The third-order valence-corrected chi connectivity index (χ3v) is 6.26. The molecule has 0 spiro atoms. The van der Waals surface area contributed by atoms with Gasteiger partial charge in [0, 0.05) is 6.54 Å². The van der Waals surface area contributed by atoms with Crippen LogP contribution in [0.2, 0.25) is 0 Å². The van der Waals surface area contributed by atoms with Gasteiger partial charge >= 0.3 is 24.1 Å². The van der Waals surface area contributed by atoms with E-state index in [2.05, 4.69) is 5.32 Å². The van der Waals surface area contributed by atoms with Crippen LogP contribution >= 0.6 is 0 Å². The molecule has 1 N–H and O–H groups in total. The summed E-state index contributed by atoms with van der Waals surface area (Å²) >= 11 is 0. The third-order valence-electron chi connectivity index (χ3n) is 6.26. The van der Waals surface area contributed by atoms with E-state index >= 15 is 0 Å². The van der Waals surface area contributed by atoms with Crippen LogP contribution in [0.1, 0.15) is 58.9 Å². The fraction of sp³-hybridized carbons (Fsp3) is 0.484. The predicted molar refractivity (Wildman–Crippen MR) is 152 cm³/mol. The second kappa shape index (κ2) is 17.7. The molecule has 2 aromatic rings. The minimum atomic E-state index is -0.866. The van der Waals surface area contributed by atoms with E-state index in [4.69, 9.17) is 23.7 Å². The number of hydrogen-bond acceptors (Lipinski definition) is 10. The van der Waals surface area contributed by atoms with Crippen molar-refractivity contribution in [2.75, 3.05) is 20.3 Å². The number of nitrogens with one attached hydrogen (secondary N) is 1. The molecular formula is C31H41NO9. The van der Waals surface area contributed by atoms with Crippen molar-refractivity contribution < 1.29 is 42.9 Å². The van der Waals surface area contributed by atoms with Crippen molar-refractivity contribution in [3.05, 3.63) is 54.1 Å². The first-order valence-electron chi connectivity index (χ1n) is 14.0. The summed E-state index contributed by atoms with van der Waals surface area (Å²) in [5, 5.41) is 3.01. The fourth-order valence-corrected chi connectivity index (χ4v) is 3.96. The first-order chi connectivity index (χ1) is 19.7. The van der Waals surface area contributed by atoms with Gasteiger partial charge in [-0.2, -0.15) is 0 Å². The Morgan fingerprint density at radius 2 is 1.39 bits per heavy atom. The van der Waals surface area contributed by atoms with E-state index in [9.17, 15) is 19.2 Å². The molecule has 0 saturated heterocycles. The molecule has 0 fully saturated rings. The maximum Gasteiger partial charge on any atom is 0.513 e. The van der Waals surface area contributed by atoms with Gasteiger partial charge in [-0.1, -0.05) is 64.8 Å². The Labute approximate surface area is 241 Å². The van der Waals surface area contributed by atoms with E-state index in [1.54, 1.807) is 62.4 Å².